The molecule has 2 amide bonds. The lowest BCUT2D eigenvalue weighted by Gasteiger charge is -2.34. The third kappa shape index (κ3) is 8.07. The van der Waals surface area contributed by atoms with Crippen molar-refractivity contribution < 1.29 is 27.1 Å². The molecule has 0 heterocycles. The van der Waals surface area contributed by atoms with Gasteiger partial charge in [0.15, 0.2) is 0 Å². The van der Waals surface area contributed by atoms with Crippen LogP contribution >= 0.6 is 0 Å². The molecule has 1 aliphatic carbocycles. The smallest absolute Gasteiger partial charge is 0.244 e. The summed E-state index contributed by atoms with van der Waals surface area (Å²) in [6.45, 7) is -0.660. The summed E-state index contributed by atoms with van der Waals surface area (Å²) in [7, 11) is -2.52. The van der Waals surface area contributed by atoms with E-state index in [0.29, 0.717) is 11.3 Å². The molecule has 1 unspecified atom stereocenters. The predicted molar refractivity (Wildman–Crippen MR) is 156 cm³/mol. The number of ether oxygens (including phenoxy) is 1. The van der Waals surface area contributed by atoms with Crippen molar-refractivity contribution in [2.75, 3.05) is 24.2 Å². The van der Waals surface area contributed by atoms with Crippen molar-refractivity contribution >= 4 is 27.5 Å². The van der Waals surface area contributed by atoms with E-state index in [4.69, 9.17) is 4.74 Å². The van der Waals surface area contributed by atoms with Crippen molar-refractivity contribution in [3.63, 3.8) is 0 Å². The largest absolute Gasteiger partial charge is 0.497 e. The Balaban J connectivity index is 1.74. The van der Waals surface area contributed by atoms with Crippen molar-refractivity contribution in [3.05, 3.63) is 95.8 Å². The first-order chi connectivity index (χ1) is 19.7. The molecule has 3 aromatic rings. The Bertz CT molecular complexity index is 1440. The van der Waals surface area contributed by atoms with Crippen LogP contribution in [0.2, 0.25) is 0 Å². The van der Waals surface area contributed by atoms with Gasteiger partial charge in [-0.3, -0.25) is 13.9 Å². The Hall–Kier alpha value is -3.92. The number of nitrogens with one attached hydrogen (secondary N) is 1. The van der Waals surface area contributed by atoms with Gasteiger partial charge in [0.1, 0.15) is 24.2 Å². The number of hydrogen-bond donors (Lipinski definition) is 1. The molecule has 41 heavy (non-hydrogen) atoms. The van der Waals surface area contributed by atoms with Crippen LogP contribution in [0.4, 0.5) is 10.1 Å². The molecule has 0 saturated heterocycles. The zero-order valence-electron chi connectivity index (χ0n) is 23.3. The van der Waals surface area contributed by atoms with Gasteiger partial charge in [-0.25, -0.2) is 12.8 Å². The second-order valence-corrected chi connectivity index (χ2v) is 12.2. The fraction of sp³-hybridized carbons (Fsp3) is 0.355. The number of sulfonamides is 1. The number of methoxy groups -OCH3 is 1. The molecule has 4 rings (SSSR count). The van der Waals surface area contributed by atoms with Gasteiger partial charge < -0.3 is 15.0 Å². The Morgan fingerprint density at radius 1 is 0.976 bits per heavy atom. The maximum atomic E-state index is 14.7. The molecule has 1 fully saturated rings. The van der Waals surface area contributed by atoms with E-state index in [0.717, 1.165) is 47.9 Å². The number of hydrogen-bond acceptors (Lipinski definition) is 5. The fourth-order valence-electron chi connectivity index (χ4n) is 5.14. The van der Waals surface area contributed by atoms with Crippen molar-refractivity contribution in [1.82, 2.24) is 10.2 Å². The number of carbonyl (C=O) groups is 2. The maximum Gasteiger partial charge on any atom is 0.244 e. The number of anilines is 1. The van der Waals surface area contributed by atoms with Crippen LogP contribution in [0, 0.1) is 5.82 Å². The average Bonchev–Trinajstić information content (AvgIpc) is 3.47. The quantitative estimate of drug-likeness (QED) is 0.344. The monoisotopic (exact) mass is 581 g/mol. The summed E-state index contributed by atoms with van der Waals surface area (Å²) in [4.78, 5) is 29.3. The standard InChI is InChI=1S/C31H36FN3O5S/c1-40-26-16-10-13-24(19-26)21-34(30(36)22-35(41(2,38)39)28-18-9-8-17-27(28)32)29(20-23-11-4-3-5-12-23)31(37)33-25-14-6-7-15-25/h3-5,8-13,16-19,25,29H,6-7,14-15,20-22H2,1-2H3,(H,33,37). The molecule has 218 valence electrons. The number of rotatable bonds is 12. The summed E-state index contributed by atoms with van der Waals surface area (Å²) in [5, 5.41) is 3.12. The highest BCUT2D eigenvalue weighted by Crippen LogP contribution is 2.24. The minimum absolute atomic E-state index is 0.0143. The van der Waals surface area contributed by atoms with Crippen LogP contribution in [-0.2, 0) is 32.6 Å². The van der Waals surface area contributed by atoms with Crippen LogP contribution < -0.4 is 14.4 Å². The van der Waals surface area contributed by atoms with Gasteiger partial charge in [0.2, 0.25) is 21.8 Å². The first kappa shape index (κ1) is 30.0. The van der Waals surface area contributed by atoms with Gasteiger partial charge in [-0.15, -0.1) is 0 Å². The predicted octanol–water partition coefficient (Wildman–Crippen LogP) is 4.30. The molecule has 0 bridgehead atoms. The molecule has 0 aliphatic heterocycles. The van der Waals surface area contributed by atoms with Crippen molar-refractivity contribution in [2.24, 2.45) is 0 Å². The minimum Gasteiger partial charge on any atom is -0.497 e. The zero-order valence-corrected chi connectivity index (χ0v) is 24.1. The van der Waals surface area contributed by atoms with Gasteiger partial charge in [-0.1, -0.05) is 67.4 Å². The fourth-order valence-corrected chi connectivity index (χ4v) is 5.99. The minimum atomic E-state index is -4.05. The van der Waals surface area contributed by atoms with Crippen molar-refractivity contribution in [2.45, 2.75) is 50.7 Å². The van der Waals surface area contributed by atoms with Gasteiger partial charge in [-0.05, 0) is 48.2 Å². The van der Waals surface area contributed by atoms with Gasteiger partial charge >= 0.3 is 0 Å². The lowest BCUT2D eigenvalue weighted by atomic mass is 10.0. The topological polar surface area (TPSA) is 96.0 Å². The Kier molecular flexibility index (Phi) is 9.99. The van der Waals surface area contributed by atoms with E-state index in [-0.39, 0.29) is 30.6 Å². The highest BCUT2D eigenvalue weighted by Gasteiger charge is 2.34. The van der Waals surface area contributed by atoms with Gasteiger partial charge in [0.05, 0.1) is 19.1 Å². The summed E-state index contributed by atoms with van der Waals surface area (Å²) in [6.07, 6.45) is 4.91. The molecule has 0 radical (unpaired) electrons. The van der Waals surface area contributed by atoms with E-state index in [1.54, 1.807) is 18.2 Å². The molecule has 1 N–H and O–H groups in total. The van der Waals surface area contributed by atoms with Gasteiger partial charge in [-0.2, -0.15) is 0 Å². The number of carbonyl (C=O) groups excluding carboxylic acids is 2. The van der Waals surface area contributed by atoms with E-state index >= 15 is 0 Å². The first-order valence-electron chi connectivity index (χ1n) is 13.6. The van der Waals surface area contributed by atoms with Gasteiger partial charge in [0.25, 0.3) is 0 Å². The maximum absolute atomic E-state index is 14.7. The molecule has 3 aromatic carbocycles. The molecule has 1 atom stereocenters. The molecule has 10 heteroatoms. The van der Waals surface area contributed by atoms with Crippen LogP contribution in [0.3, 0.4) is 0 Å². The van der Waals surface area contributed by atoms with Crippen molar-refractivity contribution in [1.29, 1.82) is 0 Å². The summed E-state index contributed by atoms with van der Waals surface area (Å²) in [5.41, 5.74) is 1.30. The average molecular weight is 582 g/mol. The van der Waals surface area contributed by atoms with Crippen LogP contribution in [0.15, 0.2) is 78.9 Å². The molecule has 1 saturated carbocycles. The van der Waals surface area contributed by atoms with Crippen LogP contribution in [-0.4, -0.2) is 57.1 Å². The summed E-state index contributed by atoms with van der Waals surface area (Å²) >= 11 is 0. The second-order valence-electron chi connectivity index (χ2n) is 10.3. The number of para-hydroxylation sites is 1. The van der Waals surface area contributed by atoms with Gasteiger partial charge in [0, 0.05) is 19.0 Å². The van der Waals surface area contributed by atoms with E-state index < -0.39 is 34.3 Å². The van der Waals surface area contributed by atoms with Crippen LogP contribution in [0.1, 0.15) is 36.8 Å². The zero-order chi connectivity index (χ0) is 29.4. The highest BCUT2D eigenvalue weighted by molar-refractivity contribution is 7.92. The number of amides is 2. The third-order valence-electron chi connectivity index (χ3n) is 7.26. The highest BCUT2D eigenvalue weighted by atomic mass is 32.2. The number of benzene rings is 3. The van der Waals surface area contributed by atoms with Crippen molar-refractivity contribution in [3.8, 4) is 5.75 Å². The Morgan fingerprint density at radius 2 is 1.63 bits per heavy atom. The Labute approximate surface area is 241 Å². The van der Waals surface area contributed by atoms with E-state index in [1.165, 1.54) is 30.2 Å². The molecule has 8 nitrogen and oxygen atoms in total. The van der Waals surface area contributed by atoms with Crippen LogP contribution in [0.25, 0.3) is 0 Å². The SMILES string of the molecule is COc1cccc(CN(C(=O)CN(c2ccccc2F)S(C)(=O)=O)C(Cc2ccccc2)C(=O)NC2CCCC2)c1. The summed E-state index contributed by atoms with van der Waals surface area (Å²) < 4.78 is 46.5. The number of nitrogens with zero attached hydrogens (tertiary/aromatic N) is 2. The van der Waals surface area contributed by atoms with E-state index in [1.807, 2.05) is 36.4 Å². The molecule has 0 aromatic heterocycles. The third-order valence-corrected chi connectivity index (χ3v) is 8.39. The lowest BCUT2D eigenvalue weighted by Crippen LogP contribution is -2.54. The number of halogens is 1. The lowest BCUT2D eigenvalue weighted by molar-refractivity contribution is -0.140. The van der Waals surface area contributed by atoms with E-state index in [9.17, 15) is 22.4 Å². The Morgan fingerprint density at radius 3 is 2.29 bits per heavy atom. The second kappa shape index (κ2) is 13.6. The molecular weight excluding hydrogens is 545 g/mol. The molecule has 0 spiro atoms. The normalized spacial score (nSPS) is 14.3. The first-order valence-corrected chi connectivity index (χ1v) is 15.5. The van der Waals surface area contributed by atoms with Crippen LogP contribution in [0.5, 0.6) is 5.75 Å². The molecular formula is C31H36FN3O5S. The van der Waals surface area contributed by atoms with E-state index in [2.05, 4.69) is 5.32 Å². The summed E-state index contributed by atoms with van der Waals surface area (Å²) in [5.74, 6) is -1.14. The molecule has 1 aliphatic rings. The summed E-state index contributed by atoms with van der Waals surface area (Å²) in [6, 6.07) is 20.9.